The van der Waals surface area contributed by atoms with E-state index in [-0.39, 0.29) is 18.2 Å². The largest absolute Gasteiger partial charge is 0.493 e. The molecule has 2 N–H and O–H groups in total. The predicted octanol–water partition coefficient (Wildman–Crippen LogP) is 3.30. The van der Waals surface area contributed by atoms with Crippen LogP contribution < -0.4 is 24.8 Å². The van der Waals surface area contributed by atoms with Crippen LogP contribution in [-0.4, -0.2) is 42.4 Å². The van der Waals surface area contributed by atoms with Gasteiger partial charge in [-0.3, -0.25) is 0 Å². The van der Waals surface area contributed by atoms with Crippen LogP contribution in [0.2, 0.25) is 0 Å². The fraction of sp³-hybridized carbons (Fsp3) is 0.500. The van der Waals surface area contributed by atoms with Crippen molar-refractivity contribution in [1.82, 2.24) is 20.6 Å². The number of aromatic nitrogens is 2. The van der Waals surface area contributed by atoms with Gasteiger partial charge >= 0.3 is 12.0 Å². The van der Waals surface area contributed by atoms with Gasteiger partial charge in [0.25, 0.3) is 0 Å². The summed E-state index contributed by atoms with van der Waals surface area (Å²) in [6.07, 6.45) is 3.52. The molecule has 0 spiro atoms. The zero-order valence-corrected chi connectivity index (χ0v) is 18.0. The van der Waals surface area contributed by atoms with Crippen molar-refractivity contribution in [2.45, 2.75) is 58.2 Å². The Morgan fingerprint density at radius 3 is 2.30 bits per heavy atom. The maximum Gasteiger partial charge on any atom is 0.317 e. The molecule has 162 valence electrons. The molecule has 3 rings (SSSR count). The Morgan fingerprint density at radius 1 is 1.00 bits per heavy atom. The number of methoxy groups -OCH3 is 2. The topological polar surface area (TPSA) is 94.6 Å². The van der Waals surface area contributed by atoms with Gasteiger partial charge in [-0.2, -0.15) is 0 Å². The summed E-state index contributed by atoms with van der Waals surface area (Å²) in [5.74, 6) is 1.30. The van der Waals surface area contributed by atoms with Gasteiger partial charge in [0.15, 0.2) is 11.5 Å². The van der Waals surface area contributed by atoms with Crippen LogP contribution in [0.25, 0.3) is 0 Å². The van der Waals surface area contributed by atoms with Gasteiger partial charge in [-0.25, -0.2) is 14.8 Å². The minimum atomic E-state index is -0.174. The number of aryl methyl sites for hydroxylation is 2. The van der Waals surface area contributed by atoms with E-state index in [1.54, 1.807) is 14.2 Å². The number of amides is 2. The summed E-state index contributed by atoms with van der Waals surface area (Å²) in [4.78, 5) is 21.0. The van der Waals surface area contributed by atoms with E-state index in [4.69, 9.17) is 14.2 Å². The van der Waals surface area contributed by atoms with Crippen LogP contribution in [0.1, 0.15) is 42.6 Å². The molecule has 0 radical (unpaired) electrons. The molecule has 0 unspecified atom stereocenters. The molecule has 0 saturated heterocycles. The van der Waals surface area contributed by atoms with Crippen molar-refractivity contribution in [3.8, 4) is 17.5 Å². The van der Waals surface area contributed by atoms with Crippen LogP contribution in [0, 0.1) is 13.8 Å². The van der Waals surface area contributed by atoms with E-state index >= 15 is 0 Å². The second-order valence-corrected chi connectivity index (χ2v) is 7.54. The predicted molar refractivity (Wildman–Crippen MR) is 113 cm³/mol. The highest BCUT2D eigenvalue weighted by Gasteiger charge is 2.24. The number of carbonyl (C=O) groups excluding carboxylic acids is 1. The monoisotopic (exact) mass is 414 g/mol. The van der Waals surface area contributed by atoms with E-state index in [1.807, 2.05) is 38.1 Å². The summed E-state index contributed by atoms with van der Waals surface area (Å²) in [5.41, 5.74) is 2.74. The number of rotatable bonds is 7. The third kappa shape index (κ3) is 5.98. The van der Waals surface area contributed by atoms with Crippen molar-refractivity contribution < 1.29 is 19.0 Å². The van der Waals surface area contributed by atoms with Crippen LogP contribution in [0.3, 0.4) is 0 Å². The molecule has 1 aliphatic rings. The summed E-state index contributed by atoms with van der Waals surface area (Å²) in [5, 5.41) is 5.95. The van der Waals surface area contributed by atoms with Crippen molar-refractivity contribution in [1.29, 1.82) is 0 Å². The average Bonchev–Trinajstić information content (AvgIpc) is 2.72. The van der Waals surface area contributed by atoms with Crippen LogP contribution in [-0.2, 0) is 6.54 Å². The second-order valence-electron chi connectivity index (χ2n) is 7.54. The van der Waals surface area contributed by atoms with Gasteiger partial charge in [0.2, 0.25) is 0 Å². The van der Waals surface area contributed by atoms with Gasteiger partial charge in [0.1, 0.15) is 6.10 Å². The standard InChI is InChI=1S/C22H30N4O4/c1-14-11-15(2)25-22(24-14)30-18-8-6-17(7-9-18)26-21(27)23-13-16-5-10-19(28-3)20(12-16)29-4/h5,10-12,17-18H,6-9,13H2,1-4H3,(H2,23,26,27). The Bertz CT molecular complexity index is 846. The van der Waals surface area contributed by atoms with Crippen LogP contribution >= 0.6 is 0 Å². The Morgan fingerprint density at radius 2 is 1.67 bits per heavy atom. The van der Waals surface area contributed by atoms with E-state index in [0.717, 1.165) is 42.6 Å². The number of nitrogens with one attached hydrogen (secondary N) is 2. The minimum absolute atomic E-state index is 0.0825. The highest BCUT2D eigenvalue weighted by Crippen LogP contribution is 2.27. The SMILES string of the molecule is COc1ccc(CNC(=O)NC2CCC(Oc3nc(C)cc(C)n3)CC2)cc1OC. The normalized spacial score (nSPS) is 18.4. The number of benzene rings is 1. The van der Waals surface area contributed by atoms with Gasteiger partial charge < -0.3 is 24.8 Å². The third-order valence-electron chi connectivity index (χ3n) is 5.14. The number of ether oxygens (including phenoxy) is 3. The summed E-state index contributed by atoms with van der Waals surface area (Å²) in [7, 11) is 3.19. The quantitative estimate of drug-likeness (QED) is 0.722. The van der Waals surface area contributed by atoms with Gasteiger partial charge in [-0.15, -0.1) is 0 Å². The molecule has 8 nitrogen and oxygen atoms in total. The average molecular weight is 415 g/mol. The lowest BCUT2D eigenvalue weighted by Gasteiger charge is -2.29. The number of nitrogens with zero attached hydrogens (tertiary/aromatic N) is 2. The molecule has 1 saturated carbocycles. The van der Waals surface area contributed by atoms with E-state index in [2.05, 4.69) is 20.6 Å². The first kappa shape index (κ1) is 21.7. The molecule has 0 aliphatic heterocycles. The maximum absolute atomic E-state index is 12.3. The molecule has 1 aromatic heterocycles. The zero-order valence-electron chi connectivity index (χ0n) is 18.0. The second kappa shape index (κ2) is 10.1. The van der Waals surface area contributed by atoms with Crippen molar-refractivity contribution in [2.75, 3.05) is 14.2 Å². The van der Waals surface area contributed by atoms with Gasteiger partial charge in [0.05, 0.1) is 14.2 Å². The molecule has 1 heterocycles. The Balaban J connectivity index is 1.42. The maximum atomic E-state index is 12.3. The molecule has 1 aliphatic carbocycles. The smallest absolute Gasteiger partial charge is 0.317 e. The Kier molecular flexibility index (Phi) is 7.32. The summed E-state index contributed by atoms with van der Waals surface area (Å²) < 4.78 is 16.5. The molecule has 1 aromatic carbocycles. The molecular formula is C22H30N4O4. The van der Waals surface area contributed by atoms with Gasteiger partial charge in [-0.1, -0.05) is 6.07 Å². The Hall–Kier alpha value is -3.03. The first-order chi connectivity index (χ1) is 14.5. The number of carbonyl (C=O) groups is 1. The third-order valence-corrected chi connectivity index (χ3v) is 5.14. The summed E-state index contributed by atoms with van der Waals surface area (Å²) >= 11 is 0. The zero-order chi connectivity index (χ0) is 21.5. The lowest BCUT2D eigenvalue weighted by atomic mass is 9.93. The molecule has 8 heteroatoms. The first-order valence-corrected chi connectivity index (χ1v) is 10.2. The molecule has 2 aromatic rings. The summed E-state index contributed by atoms with van der Waals surface area (Å²) in [6, 6.07) is 7.91. The summed E-state index contributed by atoms with van der Waals surface area (Å²) in [6.45, 7) is 4.28. The van der Waals surface area contributed by atoms with Crippen LogP contribution in [0.4, 0.5) is 4.79 Å². The highest BCUT2D eigenvalue weighted by atomic mass is 16.5. The Labute approximate surface area is 177 Å². The van der Waals surface area contributed by atoms with E-state index < -0.39 is 0 Å². The molecule has 2 amide bonds. The number of hydrogen-bond donors (Lipinski definition) is 2. The lowest BCUT2D eigenvalue weighted by molar-refractivity contribution is 0.128. The van der Waals surface area contributed by atoms with Crippen LogP contribution in [0.15, 0.2) is 24.3 Å². The van der Waals surface area contributed by atoms with E-state index in [0.29, 0.717) is 24.1 Å². The molecule has 1 fully saturated rings. The number of urea groups is 1. The number of hydrogen-bond acceptors (Lipinski definition) is 6. The van der Waals surface area contributed by atoms with Gasteiger partial charge in [0, 0.05) is 24.0 Å². The molecule has 30 heavy (non-hydrogen) atoms. The molecule has 0 atom stereocenters. The lowest BCUT2D eigenvalue weighted by Crippen LogP contribution is -2.44. The van der Waals surface area contributed by atoms with Crippen LogP contribution in [0.5, 0.6) is 17.5 Å². The fourth-order valence-electron chi connectivity index (χ4n) is 3.63. The van der Waals surface area contributed by atoms with E-state index in [1.165, 1.54) is 0 Å². The highest BCUT2D eigenvalue weighted by molar-refractivity contribution is 5.74. The van der Waals surface area contributed by atoms with Crippen molar-refractivity contribution >= 4 is 6.03 Å². The van der Waals surface area contributed by atoms with Crippen molar-refractivity contribution in [3.05, 3.63) is 41.2 Å². The fourth-order valence-corrected chi connectivity index (χ4v) is 3.63. The van der Waals surface area contributed by atoms with Gasteiger partial charge in [-0.05, 0) is 63.3 Å². The molecular weight excluding hydrogens is 384 g/mol. The minimum Gasteiger partial charge on any atom is -0.493 e. The molecule has 0 bridgehead atoms. The first-order valence-electron chi connectivity index (χ1n) is 10.2. The van der Waals surface area contributed by atoms with E-state index in [9.17, 15) is 4.79 Å². The van der Waals surface area contributed by atoms with Crippen molar-refractivity contribution in [2.24, 2.45) is 0 Å². The van der Waals surface area contributed by atoms with Crippen molar-refractivity contribution in [3.63, 3.8) is 0 Å².